The lowest BCUT2D eigenvalue weighted by Gasteiger charge is -2.13. The Morgan fingerprint density at radius 2 is 1.90 bits per heavy atom. The maximum atomic E-state index is 12.7. The predicted octanol–water partition coefficient (Wildman–Crippen LogP) is 3.63. The first-order valence-electron chi connectivity index (χ1n) is 9.86. The molecule has 2 N–H and O–H groups in total. The van der Waals surface area contributed by atoms with Crippen LogP contribution in [0.3, 0.4) is 0 Å². The lowest BCUT2D eigenvalue weighted by molar-refractivity contribution is -0.120. The first kappa shape index (κ1) is 19.6. The monoisotopic (exact) mass is 402 g/mol. The molecule has 0 spiro atoms. The molecular weight excluding hydrogens is 380 g/mol. The fraction of sp³-hybridized carbons (Fsp3) is 0.217. The summed E-state index contributed by atoms with van der Waals surface area (Å²) in [5, 5.41) is 7.10. The molecule has 1 aromatic carbocycles. The van der Waals surface area contributed by atoms with Crippen LogP contribution in [-0.2, 0) is 17.6 Å². The summed E-state index contributed by atoms with van der Waals surface area (Å²) in [7, 11) is 0. The highest BCUT2D eigenvalue weighted by Gasteiger charge is 2.28. The Morgan fingerprint density at radius 1 is 1.10 bits per heavy atom. The molecule has 30 heavy (non-hydrogen) atoms. The number of rotatable bonds is 5. The molecule has 2 heterocycles. The maximum Gasteiger partial charge on any atom is 0.292 e. The molecule has 3 aromatic rings. The molecule has 2 amide bonds. The molecule has 0 bridgehead atoms. The number of aryl methyl sites for hydroxylation is 1. The van der Waals surface area contributed by atoms with E-state index in [-0.39, 0.29) is 24.0 Å². The van der Waals surface area contributed by atoms with Crippen molar-refractivity contribution in [3.05, 3.63) is 82.9 Å². The number of nitrogens with one attached hydrogen (secondary N) is 2. The number of hydrogen-bond donors (Lipinski definition) is 2. The Hall–Kier alpha value is -3.74. The second-order valence-electron chi connectivity index (χ2n) is 7.13. The zero-order chi connectivity index (χ0) is 20.9. The third-order valence-electron chi connectivity index (χ3n) is 4.96. The predicted molar refractivity (Wildman–Crippen MR) is 113 cm³/mol. The van der Waals surface area contributed by atoms with Gasteiger partial charge in [0.05, 0.1) is 12.1 Å². The Kier molecular flexibility index (Phi) is 5.70. The van der Waals surface area contributed by atoms with E-state index in [2.05, 4.69) is 20.8 Å². The average Bonchev–Trinajstić information content (AvgIpc) is 3.11. The zero-order valence-corrected chi connectivity index (χ0v) is 16.6. The van der Waals surface area contributed by atoms with Crippen LogP contribution in [0.4, 0.5) is 5.82 Å². The molecule has 152 valence electrons. The number of nitrogens with zero attached hydrogens (tertiary/aromatic N) is 2. The number of aromatic nitrogens is 1. The second-order valence-corrected chi connectivity index (χ2v) is 7.13. The minimum Gasteiger partial charge on any atom is -0.455 e. The van der Waals surface area contributed by atoms with Crippen LogP contribution in [0.2, 0.25) is 0 Å². The second kappa shape index (κ2) is 8.73. The molecule has 0 radical (unpaired) electrons. The smallest absolute Gasteiger partial charge is 0.292 e. The Balaban J connectivity index is 1.51. The summed E-state index contributed by atoms with van der Waals surface area (Å²) in [6.07, 6.45) is 4.14. The topological polar surface area (TPSA) is 96.6 Å². The quantitative estimate of drug-likeness (QED) is 0.637. The maximum absolute atomic E-state index is 12.7. The van der Waals surface area contributed by atoms with Crippen LogP contribution >= 0.6 is 0 Å². The highest BCUT2D eigenvalue weighted by atomic mass is 16.4. The van der Waals surface area contributed by atoms with E-state index in [9.17, 15) is 9.59 Å². The Morgan fingerprint density at radius 3 is 2.67 bits per heavy atom. The standard InChI is InChI=1S/C23H22N4O3/c1-15-21-17(26-27-20(28)14-16-8-3-2-4-9-16)10-7-11-18(21)30-22(15)23(29)25-19-12-5-6-13-24-19/h2-6,8-9,12-13H,7,10-11,14H2,1H3,(H,27,28)(H,24,25,29)/b26-17+. The number of hydrogen-bond acceptors (Lipinski definition) is 5. The van der Waals surface area contributed by atoms with Gasteiger partial charge in [-0.15, -0.1) is 0 Å². The van der Waals surface area contributed by atoms with E-state index in [0.29, 0.717) is 17.8 Å². The van der Waals surface area contributed by atoms with Crippen LogP contribution in [0, 0.1) is 6.92 Å². The van der Waals surface area contributed by atoms with Crippen molar-refractivity contribution in [3.8, 4) is 0 Å². The zero-order valence-electron chi connectivity index (χ0n) is 16.6. The minimum absolute atomic E-state index is 0.185. The molecule has 1 aliphatic carbocycles. The molecule has 0 fully saturated rings. The first-order valence-corrected chi connectivity index (χ1v) is 9.86. The van der Waals surface area contributed by atoms with Crippen molar-refractivity contribution >= 4 is 23.3 Å². The van der Waals surface area contributed by atoms with Crippen molar-refractivity contribution in [2.45, 2.75) is 32.6 Å². The van der Waals surface area contributed by atoms with E-state index >= 15 is 0 Å². The van der Waals surface area contributed by atoms with Gasteiger partial charge in [0.2, 0.25) is 5.91 Å². The van der Waals surface area contributed by atoms with Crippen LogP contribution in [0.5, 0.6) is 0 Å². The minimum atomic E-state index is -0.354. The summed E-state index contributed by atoms with van der Waals surface area (Å²) in [6, 6.07) is 14.8. The van der Waals surface area contributed by atoms with Gasteiger partial charge < -0.3 is 9.73 Å². The number of anilines is 1. The number of carbonyl (C=O) groups excluding carboxylic acids is 2. The average molecular weight is 402 g/mol. The number of benzene rings is 1. The third kappa shape index (κ3) is 4.30. The van der Waals surface area contributed by atoms with Crippen LogP contribution < -0.4 is 10.7 Å². The molecule has 0 atom stereocenters. The highest BCUT2D eigenvalue weighted by molar-refractivity contribution is 6.09. The number of furan rings is 1. The molecule has 0 saturated carbocycles. The van der Waals surface area contributed by atoms with Gasteiger partial charge in [0, 0.05) is 23.7 Å². The largest absolute Gasteiger partial charge is 0.455 e. The lowest BCUT2D eigenvalue weighted by atomic mass is 9.93. The summed E-state index contributed by atoms with van der Waals surface area (Å²) < 4.78 is 5.87. The Bertz CT molecular complexity index is 1090. The number of pyridine rings is 1. The molecule has 2 aromatic heterocycles. The molecule has 7 nitrogen and oxygen atoms in total. The van der Waals surface area contributed by atoms with Crippen LogP contribution in [0.25, 0.3) is 0 Å². The van der Waals surface area contributed by atoms with Gasteiger partial charge in [-0.25, -0.2) is 10.4 Å². The summed E-state index contributed by atoms with van der Waals surface area (Å²) in [5.74, 6) is 0.887. The van der Waals surface area contributed by atoms with Crippen molar-refractivity contribution in [2.24, 2.45) is 5.10 Å². The molecule has 0 saturated heterocycles. The SMILES string of the molecule is Cc1c(C(=O)Nc2ccccn2)oc2c1/C(=N/NC(=O)Cc1ccccc1)CCC2. The molecule has 4 rings (SSSR count). The highest BCUT2D eigenvalue weighted by Crippen LogP contribution is 2.30. The normalized spacial score (nSPS) is 14.2. The van der Waals surface area contributed by atoms with Crippen molar-refractivity contribution in [2.75, 3.05) is 5.32 Å². The number of amides is 2. The van der Waals surface area contributed by atoms with E-state index in [1.807, 2.05) is 37.3 Å². The van der Waals surface area contributed by atoms with Crippen molar-refractivity contribution < 1.29 is 14.0 Å². The van der Waals surface area contributed by atoms with Gasteiger partial charge in [-0.2, -0.15) is 5.10 Å². The van der Waals surface area contributed by atoms with Gasteiger partial charge in [-0.1, -0.05) is 36.4 Å². The number of hydrazone groups is 1. The summed E-state index contributed by atoms with van der Waals surface area (Å²) in [5.41, 5.74) is 5.83. The van der Waals surface area contributed by atoms with Crippen LogP contribution in [0.1, 0.15) is 45.8 Å². The fourth-order valence-electron chi connectivity index (χ4n) is 3.56. The van der Waals surface area contributed by atoms with Gasteiger partial charge in [-0.3, -0.25) is 9.59 Å². The van der Waals surface area contributed by atoms with Gasteiger partial charge in [0.25, 0.3) is 5.91 Å². The molecular formula is C23H22N4O3. The van der Waals surface area contributed by atoms with Crippen LogP contribution in [-0.4, -0.2) is 22.5 Å². The van der Waals surface area contributed by atoms with E-state index in [1.54, 1.807) is 24.4 Å². The van der Waals surface area contributed by atoms with Crippen molar-refractivity contribution in [1.29, 1.82) is 0 Å². The summed E-state index contributed by atoms with van der Waals surface area (Å²) >= 11 is 0. The van der Waals surface area contributed by atoms with Crippen LogP contribution in [0.15, 0.2) is 64.2 Å². The van der Waals surface area contributed by atoms with E-state index in [0.717, 1.165) is 35.4 Å². The first-order chi connectivity index (χ1) is 14.6. The summed E-state index contributed by atoms with van der Waals surface area (Å²) in [4.78, 5) is 29.0. The fourth-order valence-corrected chi connectivity index (χ4v) is 3.56. The van der Waals surface area contributed by atoms with Gasteiger partial charge in [0.15, 0.2) is 5.76 Å². The van der Waals surface area contributed by atoms with Gasteiger partial charge >= 0.3 is 0 Å². The van der Waals surface area contributed by atoms with Crippen molar-refractivity contribution in [1.82, 2.24) is 10.4 Å². The van der Waals surface area contributed by atoms with E-state index in [4.69, 9.17) is 4.42 Å². The number of carbonyl (C=O) groups is 2. The molecule has 1 aliphatic rings. The van der Waals surface area contributed by atoms with E-state index < -0.39 is 0 Å². The van der Waals surface area contributed by atoms with Gasteiger partial charge in [0.1, 0.15) is 11.6 Å². The molecule has 7 heteroatoms. The lowest BCUT2D eigenvalue weighted by Crippen LogP contribution is -2.23. The van der Waals surface area contributed by atoms with Gasteiger partial charge in [-0.05, 0) is 37.5 Å². The Labute approximate surface area is 174 Å². The summed E-state index contributed by atoms with van der Waals surface area (Å²) in [6.45, 7) is 1.84. The molecule has 0 aliphatic heterocycles. The van der Waals surface area contributed by atoms with Crippen molar-refractivity contribution in [3.63, 3.8) is 0 Å². The molecule has 0 unspecified atom stereocenters. The number of fused-ring (bicyclic) bond motifs is 1. The third-order valence-corrected chi connectivity index (χ3v) is 4.96. The van der Waals surface area contributed by atoms with E-state index in [1.165, 1.54) is 0 Å².